The standard InChI is InChI=1S/C33H34ClFN4O4S/c1-38-17-23(21-7-3-5-9-28(21)38)32(42)37-27-15-26(35)19(13-25(27)34)14-30(40)39-18-24(22-8-4-6-10-29(22)39)33-36-16-20(44-33)11-12-31(41)43-2/h3,5,7,9,13,15-17,22,24,29H,4,6,8,10-12,14,18H2,1-2H3,(H,37,42). The Morgan fingerprint density at radius 1 is 1.18 bits per heavy atom. The van der Waals surface area contributed by atoms with Crippen molar-refractivity contribution in [2.45, 2.75) is 56.9 Å². The van der Waals surface area contributed by atoms with E-state index in [-0.39, 0.29) is 46.5 Å². The van der Waals surface area contributed by atoms with Crippen LogP contribution in [0.4, 0.5) is 10.1 Å². The molecule has 0 spiro atoms. The molecule has 44 heavy (non-hydrogen) atoms. The van der Waals surface area contributed by atoms with Crippen molar-refractivity contribution in [3.05, 3.63) is 80.6 Å². The number of anilines is 1. The van der Waals surface area contributed by atoms with E-state index in [1.165, 1.54) is 19.2 Å². The number of methoxy groups -OCH3 is 1. The van der Waals surface area contributed by atoms with Crippen LogP contribution in [-0.2, 0) is 34.2 Å². The minimum absolute atomic E-state index is 0.0847. The van der Waals surface area contributed by atoms with E-state index in [2.05, 4.69) is 10.3 Å². The molecule has 2 amide bonds. The topological polar surface area (TPSA) is 93.5 Å². The summed E-state index contributed by atoms with van der Waals surface area (Å²) >= 11 is 8.12. The Bertz CT molecular complexity index is 1740. The molecule has 1 N–H and O–H groups in total. The normalized spacial score (nSPS) is 19.6. The Hall–Kier alpha value is -3.76. The highest BCUT2D eigenvalue weighted by atomic mass is 35.5. The molecule has 1 aliphatic heterocycles. The minimum atomic E-state index is -0.595. The number of fused-ring (bicyclic) bond motifs is 2. The lowest BCUT2D eigenvalue weighted by molar-refractivity contribution is -0.140. The molecule has 2 aromatic heterocycles. The predicted molar refractivity (Wildman–Crippen MR) is 169 cm³/mol. The van der Waals surface area contributed by atoms with Crippen LogP contribution in [0.5, 0.6) is 0 Å². The van der Waals surface area contributed by atoms with Crippen LogP contribution in [0.1, 0.15) is 63.8 Å². The molecule has 0 radical (unpaired) electrons. The van der Waals surface area contributed by atoms with Crippen LogP contribution in [0.3, 0.4) is 0 Å². The predicted octanol–water partition coefficient (Wildman–Crippen LogP) is 6.51. The van der Waals surface area contributed by atoms with Gasteiger partial charge in [-0.2, -0.15) is 0 Å². The number of nitrogens with zero attached hydrogens (tertiary/aromatic N) is 3. The first-order chi connectivity index (χ1) is 21.2. The Balaban J connectivity index is 1.16. The van der Waals surface area contributed by atoms with Gasteiger partial charge in [-0.1, -0.05) is 42.6 Å². The van der Waals surface area contributed by atoms with Gasteiger partial charge in [0.15, 0.2) is 0 Å². The van der Waals surface area contributed by atoms with Crippen molar-refractivity contribution in [2.24, 2.45) is 13.0 Å². The Labute approximate surface area is 264 Å². The highest BCUT2D eigenvalue weighted by Crippen LogP contribution is 2.46. The van der Waals surface area contributed by atoms with Crippen LogP contribution in [-0.4, -0.2) is 51.9 Å². The quantitative estimate of drug-likeness (QED) is 0.223. The molecule has 1 saturated carbocycles. The number of benzene rings is 2. The molecule has 2 aliphatic rings. The van der Waals surface area contributed by atoms with E-state index in [9.17, 15) is 14.4 Å². The molecule has 3 unspecified atom stereocenters. The number of hydrogen-bond donors (Lipinski definition) is 1. The third-order valence-corrected chi connectivity index (χ3v) is 10.5. The van der Waals surface area contributed by atoms with E-state index in [0.29, 0.717) is 30.9 Å². The van der Waals surface area contributed by atoms with Gasteiger partial charge in [0.1, 0.15) is 5.82 Å². The van der Waals surface area contributed by atoms with Gasteiger partial charge < -0.3 is 19.5 Å². The number of ether oxygens (including phenoxy) is 1. The number of nitrogens with one attached hydrogen (secondary N) is 1. The Morgan fingerprint density at radius 2 is 1.98 bits per heavy atom. The molecular formula is C33H34ClFN4O4S. The monoisotopic (exact) mass is 636 g/mol. The lowest BCUT2D eigenvalue weighted by Gasteiger charge is -2.32. The molecule has 6 rings (SSSR count). The van der Waals surface area contributed by atoms with E-state index >= 15 is 4.39 Å². The molecule has 0 bridgehead atoms. The summed E-state index contributed by atoms with van der Waals surface area (Å²) in [6, 6.07) is 10.3. The van der Waals surface area contributed by atoms with Crippen LogP contribution < -0.4 is 5.32 Å². The van der Waals surface area contributed by atoms with Gasteiger partial charge in [-0.05, 0) is 48.9 Å². The number of hydrogen-bond acceptors (Lipinski definition) is 6. The maximum atomic E-state index is 15.4. The second kappa shape index (κ2) is 12.7. The average molecular weight is 637 g/mol. The molecule has 8 nitrogen and oxygen atoms in total. The molecule has 3 atom stereocenters. The number of esters is 1. The fraction of sp³-hybridized carbons (Fsp3) is 0.394. The molecule has 1 aliphatic carbocycles. The highest BCUT2D eigenvalue weighted by molar-refractivity contribution is 7.11. The van der Waals surface area contributed by atoms with E-state index in [0.717, 1.165) is 46.5 Å². The van der Waals surface area contributed by atoms with Crippen molar-refractivity contribution in [3.8, 4) is 0 Å². The van der Waals surface area contributed by atoms with Crippen LogP contribution in [0.25, 0.3) is 10.9 Å². The fourth-order valence-electron chi connectivity index (χ4n) is 6.76. The zero-order chi connectivity index (χ0) is 31.0. The van der Waals surface area contributed by atoms with Gasteiger partial charge in [0.25, 0.3) is 5.91 Å². The zero-order valence-corrected chi connectivity index (χ0v) is 26.2. The number of aromatic nitrogens is 2. The number of amides is 2. The number of halogens is 2. The number of para-hydroxylation sites is 1. The molecule has 2 fully saturated rings. The molecule has 230 valence electrons. The van der Waals surface area contributed by atoms with Crippen molar-refractivity contribution >= 4 is 57.3 Å². The van der Waals surface area contributed by atoms with Crippen molar-refractivity contribution in [1.82, 2.24) is 14.5 Å². The first kappa shape index (κ1) is 30.3. The smallest absolute Gasteiger partial charge is 0.305 e. The summed E-state index contributed by atoms with van der Waals surface area (Å²) in [5.41, 5.74) is 1.71. The van der Waals surface area contributed by atoms with Gasteiger partial charge in [0, 0.05) is 53.7 Å². The summed E-state index contributed by atoms with van der Waals surface area (Å²) in [5.74, 6) is -0.975. The van der Waals surface area contributed by atoms with Gasteiger partial charge in [-0.15, -0.1) is 11.3 Å². The van der Waals surface area contributed by atoms with E-state index in [1.54, 1.807) is 17.5 Å². The summed E-state index contributed by atoms with van der Waals surface area (Å²) in [5, 5.41) is 4.67. The van der Waals surface area contributed by atoms with Crippen LogP contribution in [0.15, 0.2) is 48.8 Å². The lowest BCUT2D eigenvalue weighted by atomic mass is 9.80. The SMILES string of the molecule is COC(=O)CCc1cnc(C2CN(C(=O)Cc3cc(Cl)c(NC(=O)c4cn(C)c5ccccc45)cc3F)C3CCCCC23)s1. The largest absolute Gasteiger partial charge is 0.469 e. The van der Waals surface area contributed by atoms with E-state index in [4.69, 9.17) is 16.3 Å². The number of carbonyl (C=O) groups excluding carboxylic acids is 3. The van der Waals surface area contributed by atoms with Crippen LogP contribution in [0.2, 0.25) is 5.02 Å². The number of thiazole rings is 1. The van der Waals surface area contributed by atoms with Crippen LogP contribution >= 0.6 is 22.9 Å². The molecule has 1 saturated heterocycles. The first-order valence-electron chi connectivity index (χ1n) is 14.9. The average Bonchev–Trinajstić information content (AvgIpc) is 3.74. The Kier molecular flexibility index (Phi) is 8.73. The number of likely N-dealkylation sites (tertiary alicyclic amines) is 1. The second-order valence-electron chi connectivity index (χ2n) is 11.6. The van der Waals surface area contributed by atoms with Gasteiger partial charge in [0.2, 0.25) is 5.91 Å². The van der Waals surface area contributed by atoms with Gasteiger partial charge in [-0.3, -0.25) is 14.4 Å². The molecule has 3 heterocycles. The molecule has 4 aromatic rings. The highest BCUT2D eigenvalue weighted by Gasteiger charge is 2.46. The van der Waals surface area contributed by atoms with Crippen LogP contribution in [0, 0.1) is 11.7 Å². The maximum Gasteiger partial charge on any atom is 0.305 e. The van der Waals surface area contributed by atoms with Crippen molar-refractivity contribution < 1.29 is 23.5 Å². The molecule has 11 heteroatoms. The molecule has 2 aromatic carbocycles. The first-order valence-corrected chi connectivity index (χ1v) is 16.1. The lowest BCUT2D eigenvalue weighted by Crippen LogP contribution is -2.40. The minimum Gasteiger partial charge on any atom is -0.469 e. The van der Waals surface area contributed by atoms with Crippen molar-refractivity contribution in [3.63, 3.8) is 0 Å². The van der Waals surface area contributed by atoms with Crippen molar-refractivity contribution in [2.75, 3.05) is 19.0 Å². The number of aryl methyl sites for hydroxylation is 2. The van der Waals surface area contributed by atoms with Gasteiger partial charge in [0.05, 0.1) is 41.2 Å². The van der Waals surface area contributed by atoms with Gasteiger partial charge >= 0.3 is 5.97 Å². The number of carbonyl (C=O) groups is 3. The maximum absolute atomic E-state index is 15.4. The summed E-state index contributed by atoms with van der Waals surface area (Å²) in [7, 11) is 3.24. The summed E-state index contributed by atoms with van der Waals surface area (Å²) < 4.78 is 22.0. The Morgan fingerprint density at radius 3 is 2.80 bits per heavy atom. The van der Waals surface area contributed by atoms with E-state index in [1.807, 2.05) is 47.0 Å². The zero-order valence-electron chi connectivity index (χ0n) is 24.6. The van der Waals surface area contributed by atoms with Gasteiger partial charge in [-0.25, -0.2) is 9.37 Å². The van der Waals surface area contributed by atoms with Crippen molar-refractivity contribution in [1.29, 1.82) is 0 Å². The molecular weight excluding hydrogens is 603 g/mol. The second-order valence-corrected chi connectivity index (χ2v) is 13.2. The fourth-order valence-corrected chi connectivity index (χ4v) is 8.08. The summed E-state index contributed by atoms with van der Waals surface area (Å²) in [6.45, 7) is 0.534. The van der Waals surface area contributed by atoms with E-state index < -0.39 is 11.7 Å². The summed E-state index contributed by atoms with van der Waals surface area (Å²) in [6.07, 6.45) is 8.39. The third kappa shape index (κ3) is 5.97. The summed E-state index contributed by atoms with van der Waals surface area (Å²) in [4.78, 5) is 46.0. The third-order valence-electron chi connectivity index (χ3n) is 8.97. The number of rotatable bonds is 8.